The molecule has 1 aromatic carbocycles. The lowest BCUT2D eigenvalue weighted by molar-refractivity contribution is -0.143. The molecule has 0 radical (unpaired) electrons. The summed E-state index contributed by atoms with van der Waals surface area (Å²) in [5.41, 5.74) is 1.42. The van der Waals surface area contributed by atoms with Crippen molar-refractivity contribution >= 4 is 23.2 Å². The van der Waals surface area contributed by atoms with Gasteiger partial charge < -0.3 is 20.4 Å². The Labute approximate surface area is 196 Å². The van der Waals surface area contributed by atoms with Crippen LogP contribution in [0.2, 0.25) is 0 Å². The number of nitrogens with zero attached hydrogens (tertiary/aromatic N) is 4. The highest BCUT2D eigenvalue weighted by atomic mass is 32.1. The fourth-order valence-corrected chi connectivity index (χ4v) is 5.41. The van der Waals surface area contributed by atoms with Gasteiger partial charge in [-0.1, -0.05) is 18.2 Å². The minimum absolute atomic E-state index is 0.167. The number of benzene rings is 1. The topological polar surface area (TPSA) is 111 Å². The summed E-state index contributed by atoms with van der Waals surface area (Å²) >= 11 is 1.49. The third kappa shape index (κ3) is 4.36. The van der Waals surface area contributed by atoms with Gasteiger partial charge >= 0.3 is 0 Å². The fourth-order valence-electron chi connectivity index (χ4n) is 4.60. The molecular weight excluding hydrogens is 438 g/mol. The minimum Gasteiger partial charge on any atom is -0.393 e. The van der Waals surface area contributed by atoms with Gasteiger partial charge in [0.1, 0.15) is 10.7 Å². The number of likely N-dealkylation sites (tertiary alicyclic amines) is 1. The average Bonchev–Trinajstić information content (AvgIpc) is 3.42. The fraction of sp³-hybridized carbons (Fsp3) is 0.417. The summed E-state index contributed by atoms with van der Waals surface area (Å²) in [6, 6.07) is 9.41. The first-order valence-corrected chi connectivity index (χ1v) is 12.1. The quantitative estimate of drug-likeness (QED) is 0.531. The van der Waals surface area contributed by atoms with Crippen LogP contribution in [-0.4, -0.2) is 61.7 Å². The van der Waals surface area contributed by atoms with E-state index in [0.29, 0.717) is 36.6 Å². The Morgan fingerprint density at radius 1 is 1.21 bits per heavy atom. The number of hydrogen-bond acceptors (Lipinski definition) is 8. The number of anilines is 1. The van der Waals surface area contributed by atoms with Crippen LogP contribution in [0.3, 0.4) is 0 Å². The van der Waals surface area contributed by atoms with Crippen LogP contribution in [0.1, 0.15) is 37.7 Å². The van der Waals surface area contributed by atoms with E-state index in [1.54, 1.807) is 24.2 Å². The predicted molar refractivity (Wildman–Crippen MR) is 127 cm³/mol. The number of nitrogens with one attached hydrogen (secondary N) is 1. The normalized spacial score (nSPS) is 25.4. The maximum atomic E-state index is 12.5. The van der Waals surface area contributed by atoms with Gasteiger partial charge in [0, 0.05) is 43.2 Å². The molecule has 2 fully saturated rings. The van der Waals surface area contributed by atoms with Crippen LogP contribution in [-0.2, 0) is 10.4 Å². The van der Waals surface area contributed by atoms with Gasteiger partial charge in [0.25, 0.3) is 5.91 Å². The first-order chi connectivity index (χ1) is 15.9. The van der Waals surface area contributed by atoms with E-state index in [-0.39, 0.29) is 18.1 Å². The lowest BCUT2D eigenvalue weighted by Gasteiger charge is -2.26. The van der Waals surface area contributed by atoms with Crippen molar-refractivity contribution in [2.45, 2.75) is 49.9 Å². The van der Waals surface area contributed by atoms with Gasteiger partial charge in [-0.05, 0) is 43.4 Å². The van der Waals surface area contributed by atoms with Crippen LogP contribution in [0.25, 0.3) is 22.0 Å². The third-order valence-corrected chi connectivity index (χ3v) is 7.39. The summed E-state index contributed by atoms with van der Waals surface area (Å²) in [4.78, 5) is 27.8. The molecule has 172 valence electrons. The second-order valence-electron chi connectivity index (χ2n) is 8.88. The average molecular weight is 466 g/mol. The second-order valence-corrected chi connectivity index (χ2v) is 9.74. The Bertz CT molecular complexity index is 1170. The predicted octanol–water partition coefficient (Wildman–Crippen LogP) is 3.03. The molecule has 3 unspecified atom stereocenters. The summed E-state index contributed by atoms with van der Waals surface area (Å²) in [5.74, 6) is 0.264. The van der Waals surface area contributed by atoms with E-state index in [0.717, 1.165) is 35.5 Å². The molecule has 0 bridgehead atoms. The van der Waals surface area contributed by atoms with Gasteiger partial charge in [0.15, 0.2) is 5.60 Å². The molecule has 1 saturated heterocycles. The van der Waals surface area contributed by atoms with Gasteiger partial charge in [-0.3, -0.25) is 4.79 Å². The lowest BCUT2D eigenvalue weighted by atomic mass is 9.91. The van der Waals surface area contributed by atoms with Crippen molar-refractivity contribution in [3.8, 4) is 22.0 Å². The van der Waals surface area contributed by atoms with E-state index < -0.39 is 5.60 Å². The van der Waals surface area contributed by atoms with Gasteiger partial charge in [-0.2, -0.15) is 0 Å². The van der Waals surface area contributed by atoms with E-state index in [1.807, 2.05) is 29.6 Å². The van der Waals surface area contributed by atoms with Crippen molar-refractivity contribution in [2.24, 2.45) is 0 Å². The summed E-state index contributed by atoms with van der Waals surface area (Å²) in [5, 5.41) is 27.0. The standard InChI is InChI=1S/C24H27N5O3S/c1-29-11-9-24(32,22(29)31)16-5-2-4-15(12-16)21-27-20(14-33-21)19-8-10-25-23(28-19)26-17-6-3-7-18(30)13-17/h2,4-5,8,10,12,14,17-18,30,32H,3,6-7,9,11,13H2,1H3,(H,25,26,28). The van der Waals surface area contributed by atoms with Crippen LogP contribution in [0.4, 0.5) is 5.95 Å². The van der Waals surface area contributed by atoms with Crippen LogP contribution >= 0.6 is 11.3 Å². The molecule has 1 amide bonds. The summed E-state index contributed by atoms with van der Waals surface area (Å²) in [7, 11) is 1.71. The van der Waals surface area contributed by atoms with E-state index in [9.17, 15) is 15.0 Å². The molecular formula is C24H27N5O3S. The Morgan fingerprint density at radius 3 is 2.88 bits per heavy atom. The molecule has 3 atom stereocenters. The molecule has 1 saturated carbocycles. The van der Waals surface area contributed by atoms with Crippen molar-refractivity contribution in [1.29, 1.82) is 0 Å². The number of likely N-dealkylation sites (N-methyl/N-ethyl adjacent to an activating group) is 1. The number of hydrogen-bond donors (Lipinski definition) is 3. The first kappa shape index (κ1) is 21.9. The number of aliphatic hydroxyl groups is 2. The first-order valence-electron chi connectivity index (χ1n) is 11.2. The number of aromatic nitrogens is 3. The maximum absolute atomic E-state index is 12.5. The van der Waals surface area contributed by atoms with E-state index in [4.69, 9.17) is 4.98 Å². The molecule has 2 aliphatic rings. The second kappa shape index (κ2) is 8.81. The Balaban J connectivity index is 1.36. The molecule has 5 rings (SSSR count). The largest absolute Gasteiger partial charge is 0.393 e. The van der Waals surface area contributed by atoms with Crippen LogP contribution in [0.15, 0.2) is 41.9 Å². The van der Waals surface area contributed by atoms with Crippen LogP contribution < -0.4 is 5.32 Å². The SMILES string of the molecule is CN1CCC(O)(c2cccc(-c3nc(-c4ccnc(NC5CCCC(O)C5)n4)cs3)c2)C1=O. The van der Waals surface area contributed by atoms with Crippen molar-refractivity contribution in [1.82, 2.24) is 19.9 Å². The van der Waals surface area contributed by atoms with Crippen molar-refractivity contribution in [3.05, 3.63) is 47.5 Å². The Hall–Kier alpha value is -2.88. The van der Waals surface area contributed by atoms with Gasteiger partial charge in [0.05, 0.1) is 11.8 Å². The lowest BCUT2D eigenvalue weighted by Crippen LogP contribution is -2.36. The highest BCUT2D eigenvalue weighted by Gasteiger charge is 2.45. The molecule has 33 heavy (non-hydrogen) atoms. The van der Waals surface area contributed by atoms with Crippen molar-refractivity contribution < 1.29 is 15.0 Å². The van der Waals surface area contributed by atoms with Gasteiger partial charge in [-0.15, -0.1) is 11.3 Å². The monoisotopic (exact) mass is 465 g/mol. The van der Waals surface area contributed by atoms with Crippen LogP contribution in [0, 0.1) is 0 Å². The smallest absolute Gasteiger partial charge is 0.258 e. The zero-order chi connectivity index (χ0) is 23.0. The Morgan fingerprint density at radius 2 is 2.09 bits per heavy atom. The molecule has 1 aliphatic carbocycles. The highest BCUT2D eigenvalue weighted by molar-refractivity contribution is 7.13. The maximum Gasteiger partial charge on any atom is 0.258 e. The summed E-state index contributed by atoms with van der Waals surface area (Å²) < 4.78 is 0. The number of amides is 1. The number of carbonyl (C=O) groups is 1. The summed E-state index contributed by atoms with van der Waals surface area (Å²) in [6.07, 6.45) is 5.36. The number of rotatable bonds is 5. The van der Waals surface area contributed by atoms with E-state index in [2.05, 4.69) is 15.3 Å². The number of thiazole rings is 1. The molecule has 3 aromatic rings. The van der Waals surface area contributed by atoms with Gasteiger partial charge in [-0.25, -0.2) is 15.0 Å². The minimum atomic E-state index is -1.48. The molecule has 0 spiro atoms. The van der Waals surface area contributed by atoms with Crippen molar-refractivity contribution in [3.63, 3.8) is 0 Å². The van der Waals surface area contributed by atoms with E-state index in [1.165, 1.54) is 11.3 Å². The molecule has 9 heteroatoms. The van der Waals surface area contributed by atoms with Crippen molar-refractivity contribution in [2.75, 3.05) is 18.9 Å². The zero-order valence-corrected chi connectivity index (χ0v) is 19.3. The summed E-state index contributed by atoms with van der Waals surface area (Å²) in [6.45, 7) is 0.533. The van der Waals surface area contributed by atoms with Crippen LogP contribution in [0.5, 0.6) is 0 Å². The number of aliphatic hydroxyl groups excluding tert-OH is 1. The molecule has 2 aromatic heterocycles. The number of carbonyl (C=O) groups excluding carboxylic acids is 1. The molecule has 8 nitrogen and oxygen atoms in total. The van der Waals surface area contributed by atoms with Gasteiger partial charge in [0.2, 0.25) is 5.95 Å². The zero-order valence-electron chi connectivity index (χ0n) is 18.4. The molecule has 3 heterocycles. The Kier molecular flexibility index (Phi) is 5.86. The van der Waals surface area contributed by atoms with E-state index >= 15 is 0 Å². The highest BCUT2D eigenvalue weighted by Crippen LogP contribution is 2.36. The third-order valence-electron chi connectivity index (χ3n) is 6.50. The molecule has 1 aliphatic heterocycles. The molecule has 3 N–H and O–H groups in total.